The molecule has 25 heavy (non-hydrogen) atoms. The summed E-state index contributed by atoms with van der Waals surface area (Å²) in [6.45, 7) is 4.20. The molecule has 1 N–H and O–H groups in total. The molecule has 0 fully saturated rings. The predicted molar refractivity (Wildman–Crippen MR) is 100 cm³/mol. The molecule has 1 unspecified atom stereocenters. The molecule has 2 amide bonds. The van der Waals surface area contributed by atoms with Crippen LogP contribution in [0.15, 0.2) is 42.7 Å². The Hall–Kier alpha value is -2.34. The molecule has 0 spiro atoms. The third kappa shape index (κ3) is 5.60. The van der Waals surface area contributed by atoms with Gasteiger partial charge in [-0.05, 0) is 44.6 Å². The summed E-state index contributed by atoms with van der Waals surface area (Å²) in [5.74, 6) is 0. The Morgan fingerprint density at radius 3 is 2.64 bits per heavy atom. The number of amides is 2. The van der Waals surface area contributed by atoms with Gasteiger partial charge in [0, 0.05) is 39.1 Å². The van der Waals surface area contributed by atoms with E-state index in [0.717, 1.165) is 13.0 Å². The Bertz CT molecular complexity index is 654. The molecular weight excluding hydrogens is 314 g/mol. The monoisotopic (exact) mass is 343 g/mol. The standard InChI is InChI=1S/C19H29N5O/c1-16-9-5-6-10-17(16)18(22(2)3)15-20-19(25)23(4)12-8-14-24-13-7-11-21-24/h5-7,9-11,13,18H,8,12,14-15H2,1-4H3,(H,20,25). The highest BCUT2D eigenvalue weighted by Gasteiger charge is 2.18. The van der Waals surface area contributed by atoms with Crippen LogP contribution in [0.4, 0.5) is 4.79 Å². The van der Waals surface area contributed by atoms with Gasteiger partial charge >= 0.3 is 6.03 Å². The van der Waals surface area contributed by atoms with E-state index in [2.05, 4.69) is 34.4 Å². The second-order valence-corrected chi connectivity index (χ2v) is 6.57. The van der Waals surface area contributed by atoms with Crippen molar-refractivity contribution in [1.29, 1.82) is 0 Å². The number of benzene rings is 1. The average molecular weight is 343 g/mol. The number of likely N-dealkylation sites (N-methyl/N-ethyl adjacent to an activating group) is 1. The third-order valence-corrected chi connectivity index (χ3v) is 4.40. The number of carbonyl (C=O) groups is 1. The minimum absolute atomic E-state index is 0.0408. The normalized spacial score (nSPS) is 12.2. The number of nitrogens with zero attached hydrogens (tertiary/aromatic N) is 4. The van der Waals surface area contributed by atoms with Gasteiger partial charge in [0.1, 0.15) is 0 Å². The average Bonchev–Trinajstić information content (AvgIpc) is 3.09. The van der Waals surface area contributed by atoms with Crippen LogP contribution in [0.3, 0.4) is 0 Å². The maximum absolute atomic E-state index is 12.4. The second kappa shape index (κ2) is 9.22. The fraction of sp³-hybridized carbons (Fsp3) is 0.474. The second-order valence-electron chi connectivity index (χ2n) is 6.57. The van der Waals surface area contributed by atoms with Gasteiger partial charge in [-0.3, -0.25) is 4.68 Å². The molecule has 6 nitrogen and oxygen atoms in total. The van der Waals surface area contributed by atoms with E-state index in [0.29, 0.717) is 13.1 Å². The summed E-state index contributed by atoms with van der Waals surface area (Å²) in [5.41, 5.74) is 2.48. The number of urea groups is 1. The Balaban J connectivity index is 1.82. The van der Waals surface area contributed by atoms with Crippen LogP contribution in [-0.4, -0.2) is 59.8 Å². The van der Waals surface area contributed by atoms with Crippen LogP contribution < -0.4 is 5.32 Å². The number of carbonyl (C=O) groups excluding carboxylic acids is 1. The quantitative estimate of drug-likeness (QED) is 0.801. The van der Waals surface area contributed by atoms with Crippen LogP contribution in [0.25, 0.3) is 0 Å². The number of aryl methyl sites for hydroxylation is 2. The fourth-order valence-electron chi connectivity index (χ4n) is 2.85. The minimum atomic E-state index is -0.0408. The van der Waals surface area contributed by atoms with Gasteiger partial charge < -0.3 is 15.1 Å². The number of hydrogen-bond donors (Lipinski definition) is 1. The molecule has 0 saturated heterocycles. The maximum Gasteiger partial charge on any atom is 0.317 e. The van der Waals surface area contributed by atoms with Crippen molar-refractivity contribution < 1.29 is 4.79 Å². The smallest absolute Gasteiger partial charge is 0.317 e. The highest BCUT2D eigenvalue weighted by atomic mass is 16.2. The highest BCUT2D eigenvalue weighted by molar-refractivity contribution is 5.73. The van der Waals surface area contributed by atoms with Crippen molar-refractivity contribution >= 4 is 6.03 Å². The SMILES string of the molecule is Cc1ccccc1C(CNC(=O)N(C)CCCn1cccn1)N(C)C. The first-order chi connectivity index (χ1) is 12.0. The lowest BCUT2D eigenvalue weighted by molar-refractivity contribution is 0.201. The molecule has 0 saturated carbocycles. The van der Waals surface area contributed by atoms with Crippen LogP contribution in [0.1, 0.15) is 23.6 Å². The molecule has 136 valence electrons. The fourth-order valence-corrected chi connectivity index (χ4v) is 2.85. The van der Waals surface area contributed by atoms with Gasteiger partial charge in [-0.25, -0.2) is 4.79 Å². The molecule has 0 bridgehead atoms. The summed E-state index contributed by atoms with van der Waals surface area (Å²) in [5, 5.41) is 7.23. The molecule has 1 aromatic heterocycles. The molecule has 0 aliphatic heterocycles. The maximum atomic E-state index is 12.4. The Morgan fingerprint density at radius 1 is 1.24 bits per heavy atom. The molecule has 2 aromatic rings. The van der Waals surface area contributed by atoms with Crippen molar-refractivity contribution in [1.82, 2.24) is 24.9 Å². The molecule has 1 aromatic carbocycles. The van der Waals surface area contributed by atoms with Crippen molar-refractivity contribution in [3.8, 4) is 0 Å². The lowest BCUT2D eigenvalue weighted by atomic mass is 10.0. The van der Waals surface area contributed by atoms with Gasteiger partial charge in [0.2, 0.25) is 0 Å². The molecule has 0 aliphatic carbocycles. The van der Waals surface area contributed by atoms with Gasteiger partial charge in [-0.1, -0.05) is 24.3 Å². The summed E-state index contributed by atoms with van der Waals surface area (Å²) in [4.78, 5) is 16.2. The van der Waals surface area contributed by atoms with Crippen LogP contribution in [0.5, 0.6) is 0 Å². The van der Waals surface area contributed by atoms with Crippen molar-refractivity contribution in [3.63, 3.8) is 0 Å². The van der Waals surface area contributed by atoms with E-state index >= 15 is 0 Å². The first-order valence-corrected chi connectivity index (χ1v) is 8.67. The van der Waals surface area contributed by atoms with Crippen molar-refractivity contribution in [2.24, 2.45) is 0 Å². The van der Waals surface area contributed by atoms with Crippen molar-refractivity contribution in [2.45, 2.75) is 25.9 Å². The van der Waals surface area contributed by atoms with Crippen molar-refractivity contribution in [3.05, 3.63) is 53.9 Å². The molecule has 1 heterocycles. The van der Waals surface area contributed by atoms with Gasteiger partial charge in [0.05, 0.1) is 6.04 Å². The highest BCUT2D eigenvalue weighted by Crippen LogP contribution is 2.20. The summed E-state index contributed by atoms with van der Waals surface area (Å²) in [7, 11) is 5.91. The molecule has 0 radical (unpaired) electrons. The summed E-state index contributed by atoms with van der Waals surface area (Å²) < 4.78 is 1.88. The minimum Gasteiger partial charge on any atom is -0.336 e. The van der Waals surface area contributed by atoms with E-state index in [4.69, 9.17) is 0 Å². The van der Waals surface area contributed by atoms with E-state index in [9.17, 15) is 4.79 Å². The Labute approximate surface area is 150 Å². The van der Waals surface area contributed by atoms with E-state index in [1.54, 1.807) is 11.1 Å². The number of aromatic nitrogens is 2. The summed E-state index contributed by atoms with van der Waals surface area (Å²) in [6, 6.07) is 10.3. The predicted octanol–water partition coefficient (Wildman–Crippen LogP) is 2.53. The molecule has 6 heteroatoms. The van der Waals surface area contributed by atoms with Crippen LogP contribution in [0, 0.1) is 6.92 Å². The Morgan fingerprint density at radius 2 is 2.00 bits per heavy atom. The number of hydrogen-bond acceptors (Lipinski definition) is 3. The zero-order valence-corrected chi connectivity index (χ0v) is 15.6. The summed E-state index contributed by atoms with van der Waals surface area (Å²) in [6.07, 6.45) is 4.58. The molecular formula is C19H29N5O. The van der Waals surface area contributed by atoms with Crippen LogP contribution in [0.2, 0.25) is 0 Å². The number of nitrogens with one attached hydrogen (secondary N) is 1. The van der Waals surface area contributed by atoms with E-state index < -0.39 is 0 Å². The lowest BCUT2D eigenvalue weighted by Crippen LogP contribution is -2.42. The largest absolute Gasteiger partial charge is 0.336 e. The van der Waals surface area contributed by atoms with Gasteiger partial charge in [0.15, 0.2) is 0 Å². The number of rotatable bonds is 8. The van der Waals surface area contributed by atoms with Crippen molar-refractivity contribution in [2.75, 3.05) is 34.2 Å². The van der Waals surface area contributed by atoms with Gasteiger partial charge in [-0.2, -0.15) is 5.10 Å². The summed E-state index contributed by atoms with van der Waals surface area (Å²) >= 11 is 0. The first kappa shape index (κ1) is 19.0. The Kier molecular flexibility index (Phi) is 7.01. The first-order valence-electron chi connectivity index (χ1n) is 8.67. The third-order valence-electron chi connectivity index (χ3n) is 4.40. The van der Waals surface area contributed by atoms with Gasteiger partial charge in [0.25, 0.3) is 0 Å². The molecule has 2 rings (SSSR count). The topological polar surface area (TPSA) is 53.4 Å². The van der Waals surface area contributed by atoms with Crippen LogP contribution in [-0.2, 0) is 6.54 Å². The lowest BCUT2D eigenvalue weighted by Gasteiger charge is -2.27. The van der Waals surface area contributed by atoms with E-state index in [-0.39, 0.29) is 12.1 Å². The zero-order chi connectivity index (χ0) is 18.2. The molecule has 0 aliphatic rings. The van der Waals surface area contributed by atoms with Gasteiger partial charge in [-0.15, -0.1) is 0 Å². The molecule has 1 atom stereocenters. The zero-order valence-electron chi connectivity index (χ0n) is 15.6. The van der Waals surface area contributed by atoms with Crippen LogP contribution >= 0.6 is 0 Å². The van der Waals surface area contributed by atoms with E-state index in [1.165, 1.54) is 11.1 Å². The van der Waals surface area contributed by atoms with E-state index in [1.807, 2.05) is 50.2 Å².